The van der Waals surface area contributed by atoms with E-state index in [-0.39, 0.29) is 0 Å². The fourth-order valence-electron chi connectivity index (χ4n) is 4.17. The maximum atomic E-state index is 6.06. The van der Waals surface area contributed by atoms with E-state index in [1.165, 1.54) is 33.3 Å². The van der Waals surface area contributed by atoms with Gasteiger partial charge in [0.15, 0.2) is 0 Å². The van der Waals surface area contributed by atoms with Crippen molar-refractivity contribution in [1.29, 1.82) is 0 Å². The molecule has 0 atom stereocenters. The molecule has 0 saturated carbocycles. The van der Waals surface area contributed by atoms with E-state index in [1.54, 1.807) is 0 Å². The number of hydrogen-bond donors (Lipinski definition) is 0. The van der Waals surface area contributed by atoms with E-state index < -0.39 is 0 Å². The molecule has 31 heavy (non-hydrogen) atoms. The van der Waals surface area contributed by atoms with Crippen LogP contribution in [0.4, 0.5) is 0 Å². The SMILES string of the molecule is Cc1c(-c2cccnc2)n(Cc2cccc(OCc3ccccc3)c2)c2ccccc12. The average Bonchev–Trinajstić information content (AvgIpc) is 3.11. The zero-order valence-corrected chi connectivity index (χ0v) is 17.5. The molecule has 2 heterocycles. The van der Waals surface area contributed by atoms with Crippen molar-refractivity contribution >= 4 is 10.9 Å². The monoisotopic (exact) mass is 404 g/mol. The highest BCUT2D eigenvalue weighted by atomic mass is 16.5. The molecule has 0 unspecified atom stereocenters. The predicted octanol–water partition coefficient (Wildman–Crippen LogP) is 6.64. The molecule has 0 N–H and O–H groups in total. The van der Waals surface area contributed by atoms with Gasteiger partial charge in [0.2, 0.25) is 0 Å². The second-order valence-corrected chi connectivity index (χ2v) is 7.74. The molecule has 0 radical (unpaired) electrons. The van der Waals surface area contributed by atoms with Gasteiger partial charge in [-0.2, -0.15) is 0 Å². The van der Waals surface area contributed by atoms with Crippen LogP contribution in [0.15, 0.2) is 103 Å². The van der Waals surface area contributed by atoms with Crippen molar-refractivity contribution in [3.8, 4) is 17.0 Å². The third-order valence-electron chi connectivity index (χ3n) is 5.65. The highest BCUT2D eigenvalue weighted by Gasteiger charge is 2.16. The first-order valence-corrected chi connectivity index (χ1v) is 10.5. The lowest BCUT2D eigenvalue weighted by molar-refractivity contribution is 0.306. The van der Waals surface area contributed by atoms with E-state index in [2.05, 4.69) is 77.1 Å². The number of benzene rings is 3. The molecule has 152 valence electrons. The normalized spacial score (nSPS) is 11.0. The topological polar surface area (TPSA) is 27.1 Å². The zero-order chi connectivity index (χ0) is 21.0. The quantitative estimate of drug-likeness (QED) is 0.317. The summed E-state index contributed by atoms with van der Waals surface area (Å²) in [4.78, 5) is 4.35. The number of aromatic nitrogens is 2. The van der Waals surface area contributed by atoms with Crippen LogP contribution in [0.3, 0.4) is 0 Å². The number of pyridine rings is 1. The summed E-state index contributed by atoms with van der Waals surface area (Å²) in [7, 11) is 0. The van der Waals surface area contributed by atoms with Crippen molar-refractivity contribution < 1.29 is 4.74 Å². The summed E-state index contributed by atoms with van der Waals surface area (Å²) in [6.45, 7) is 3.53. The second-order valence-electron chi connectivity index (χ2n) is 7.74. The van der Waals surface area contributed by atoms with Gasteiger partial charge in [0.1, 0.15) is 12.4 Å². The summed E-state index contributed by atoms with van der Waals surface area (Å²) in [5, 5.41) is 1.28. The molecule has 0 amide bonds. The van der Waals surface area contributed by atoms with Crippen LogP contribution in [0.25, 0.3) is 22.2 Å². The molecule has 3 aromatic carbocycles. The van der Waals surface area contributed by atoms with Gasteiger partial charge in [0, 0.05) is 35.4 Å². The van der Waals surface area contributed by atoms with Crippen molar-refractivity contribution in [2.75, 3.05) is 0 Å². The fraction of sp³-hybridized carbons (Fsp3) is 0.107. The molecule has 3 nitrogen and oxygen atoms in total. The minimum atomic E-state index is 0.566. The Morgan fingerprint density at radius 1 is 0.806 bits per heavy atom. The van der Waals surface area contributed by atoms with E-state index in [4.69, 9.17) is 4.74 Å². The standard InChI is InChI=1S/C28H24N2O/c1-21-26-14-5-6-15-27(26)30(28(21)24-12-8-16-29-18-24)19-23-11-7-13-25(17-23)31-20-22-9-3-2-4-10-22/h2-18H,19-20H2,1H3. The Hall–Kier alpha value is -3.85. The van der Waals surface area contributed by atoms with Crippen molar-refractivity contribution in [2.24, 2.45) is 0 Å². The number of fused-ring (bicyclic) bond motifs is 1. The van der Waals surface area contributed by atoms with Crippen LogP contribution in [0, 0.1) is 6.92 Å². The smallest absolute Gasteiger partial charge is 0.120 e. The Morgan fingerprint density at radius 3 is 2.45 bits per heavy atom. The number of ether oxygens (including phenoxy) is 1. The second kappa shape index (κ2) is 8.49. The molecule has 3 heteroatoms. The van der Waals surface area contributed by atoms with Crippen LogP contribution in [0.2, 0.25) is 0 Å². The van der Waals surface area contributed by atoms with Gasteiger partial charge in [-0.05, 0) is 53.9 Å². The molecular weight excluding hydrogens is 380 g/mol. The Morgan fingerprint density at radius 2 is 1.61 bits per heavy atom. The van der Waals surface area contributed by atoms with Gasteiger partial charge >= 0.3 is 0 Å². The zero-order valence-electron chi connectivity index (χ0n) is 17.5. The van der Waals surface area contributed by atoms with Gasteiger partial charge < -0.3 is 9.30 Å². The number of hydrogen-bond acceptors (Lipinski definition) is 2. The lowest BCUT2D eigenvalue weighted by atomic mass is 10.1. The first-order chi connectivity index (χ1) is 15.3. The van der Waals surface area contributed by atoms with Gasteiger partial charge in [0.25, 0.3) is 0 Å². The Balaban J connectivity index is 1.50. The minimum Gasteiger partial charge on any atom is -0.489 e. The molecule has 0 bridgehead atoms. The average molecular weight is 405 g/mol. The third-order valence-corrected chi connectivity index (χ3v) is 5.65. The Bertz CT molecular complexity index is 1310. The van der Waals surface area contributed by atoms with Crippen LogP contribution in [-0.4, -0.2) is 9.55 Å². The first-order valence-electron chi connectivity index (χ1n) is 10.5. The molecule has 5 aromatic rings. The van der Waals surface area contributed by atoms with Crippen LogP contribution in [0.1, 0.15) is 16.7 Å². The number of nitrogens with zero attached hydrogens (tertiary/aromatic N) is 2. The lowest BCUT2D eigenvalue weighted by Crippen LogP contribution is -2.03. The van der Waals surface area contributed by atoms with Crippen molar-refractivity contribution in [3.05, 3.63) is 120 Å². The molecule has 0 spiro atoms. The van der Waals surface area contributed by atoms with E-state index in [0.29, 0.717) is 6.61 Å². The highest BCUT2D eigenvalue weighted by molar-refractivity contribution is 5.91. The molecule has 0 saturated heterocycles. The largest absolute Gasteiger partial charge is 0.489 e. The molecule has 0 aliphatic rings. The summed E-state index contributed by atoms with van der Waals surface area (Å²) in [6.07, 6.45) is 3.76. The van der Waals surface area contributed by atoms with E-state index in [9.17, 15) is 0 Å². The van der Waals surface area contributed by atoms with Crippen molar-refractivity contribution in [3.63, 3.8) is 0 Å². The van der Waals surface area contributed by atoms with E-state index in [1.807, 2.05) is 42.7 Å². The van der Waals surface area contributed by atoms with Gasteiger partial charge in [-0.1, -0.05) is 60.7 Å². The van der Waals surface area contributed by atoms with Crippen LogP contribution in [0.5, 0.6) is 5.75 Å². The fourth-order valence-corrected chi connectivity index (χ4v) is 4.17. The number of para-hydroxylation sites is 1. The van der Waals surface area contributed by atoms with Crippen molar-refractivity contribution in [2.45, 2.75) is 20.1 Å². The summed E-state index contributed by atoms with van der Waals surface area (Å²) in [5.41, 5.74) is 7.22. The molecule has 0 aliphatic heterocycles. The number of rotatable bonds is 6. The van der Waals surface area contributed by atoms with Gasteiger partial charge in [-0.15, -0.1) is 0 Å². The maximum Gasteiger partial charge on any atom is 0.120 e. The summed E-state index contributed by atoms with van der Waals surface area (Å²) < 4.78 is 8.45. The summed E-state index contributed by atoms with van der Waals surface area (Å²) in [5.74, 6) is 0.887. The highest BCUT2D eigenvalue weighted by Crippen LogP contribution is 2.33. The Kier molecular flexibility index (Phi) is 5.24. The molecular formula is C28H24N2O. The first kappa shape index (κ1) is 19.1. The minimum absolute atomic E-state index is 0.566. The van der Waals surface area contributed by atoms with E-state index >= 15 is 0 Å². The van der Waals surface area contributed by atoms with Crippen LogP contribution in [-0.2, 0) is 13.2 Å². The summed E-state index contributed by atoms with van der Waals surface area (Å²) in [6, 6.07) is 31.4. The third kappa shape index (κ3) is 3.95. The molecule has 0 aliphatic carbocycles. The Labute approximate surface area is 182 Å². The maximum absolute atomic E-state index is 6.06. The summed E-state index contributed by atoms with van der Waals surface area (Å²) >= 11 is 0. The van der Waals surface area contributed by atoms with Crippen LogP contribution >= 0.6 is 0 Å². The van der Waals surface area contributed by atoms with Gasteiger partial charge in [-0.25, -0.2) is 0 Å². The molecule has 0 fully saturated rings. The van der Waals surface area contributed by atoms with Gasteiger partial charge in [-0.3, -0.25) is 4.98 Å². The number of aryl methyl sites for hydroxylation is 1. The molecule has 2 aromatic heterocycles. The molecule has 5 rings (SSSR count). The lowest BCUT2D eigenvalue weighted by Gasteiger charge is -2.13. The van der Waals surface area contributed by atoms with Crippen LogP contribution < -0.4 is 4.74 Å². The van der Waals surface area contributed by atoms with Crippen molar-refractivity contribution in [1.82, 2.24) is 9.55 Å². The predicted molar refractivity (Wildman–Crippen MR) is 126 cm³/mol. The van der Waals surface area contributed by atoms with E-state index in [0.717, 1.165) is 17.9 Å². The van der Waals surface area contributed by atoms with Gasteiger partial charge in [0.05, 0.1) is 5.69 Å².